The molecule has 3 aromatic carbocycles. The molecule has 0 amide bonds. The van der Waals surface area contributed by atoms with Gasteiger partial charge in [-0.05, 0) is 54.8 Å². The number of rotatable bonds is 8. The Hall–Kier alpha value is -4.26. The van der Waals surface area contributed by atoms with Crippen molar-refractivity contribution in [2.45, 2.75) is 12.8 Å². The number of aryl methyl sites for hydroxylation is 1. The van der Waals surface area contributed by atoms with Crippen LogP contribution in [0.4, 0.5) is 5.82 Å². The first kappa shape index (κ1) is 20.6. The van der Waals surface area contributed by atoms with Gasteiger partial charge in [-0.15, -0.1) is 10.2 Å². The number of ether oxygens (including phenoxy) is 1. The first-order chi connectivity index (χ1) is 16.3. The summed E-state index contributed by atoms with van der Waals surface area (Å²) < 4.78 is 11.1. The summed E-state index contributed by atoms with van der Waals surface area (Å²) in [5.74, 6) is 2.60. The minimum atomic E-state index is 0.277. The molecule has 5 rings (SSSR count). The lowest BCUT2D eigenvalue weighted by atomic mass is 10.1. The molecule has 0 saturated carbocycles. The van der Waals surface area contributed by atoms with Gasteiger partial charge in [0.15, 0.2) is 0 Å². The van der Waals surface area contributed by atoms with Crippen molar-refractivity contribution < 1.29 is 9.15 Å². The van der Waals surface area contributed by atoms with Crippen molar-refractivity contribution in [3.63, 3.8) is 0 Å². The number of hydrogen-bond acceptors (Lipinski definition) is 7. The largest absolute Gasteiger partial charge is 0.497 e. The van der Waals surface area contributed by atoms with Crippen molar-refractivity contribution in [2.24, 2.45) is 0 Å². The van der Waals surface area contributed by atoms with E-state index >= 15 is 0 Å². The van der Waals surface area contributed by atoms with Crippen LogP contribution in [0.25, 0.3) is 34.1 Å². The van der Waals surface area contributed by atoms with Crippen LogP contribution in [-0.2, 0) is 6.42 Å². The summed E-state index contributed by atoms with van der Waals surface area (Å²) in [5.41, 5.74) is 2.94. The Labute approximate surface area is 191 Å². The molecule has 2 aromatic heterocycles. The Morgan fingerprint density at radius 3 is 2.39 bits per heavy atom. The molecule has 0 aliphatic heterocycles. The molecule has 0 saturated heterocycles. The predicted octanol–water partition coefficient (Wildman–Crippen LogP) is 5.40. The highest BCUT2D eigenvalue weighted by molar-refractivity contribution is 5.90. The quantitative estimate of drug-likeness (QED) is 0.325. The van der Waals surface area contributed by atoms with Crippen LogP contribution in [-0.4, -0.2) is 33.8 Å². The Morgan fingerprint density at radius 1 is 0.818 bits per heavy atom. The van der Waals surface area contributed by atoms with Crippen LogP contribution >= 0.6 is 0 Å². The second-order valence-electron chi connectivity index (χ2n) is 7.57. The Bertz CT molecular complexity index is 1350. The van der Waals surface area contributed by atoms with E-state index in [1.54, 1.807) is 7.11 Å². The van der Waals surface area contributed by atoms with Gasteiger partial charge >= 0.3 is 0 Å². The molecule has 7 nitrogen and oxygen atoms in total. The van der Waals surface area contributed by atoms with E-state index in [0.29, 0.717) is 11.7 Å². The number of fused-ring (bicyclic) bond motifs is 1. The molecular weight excluding hydrogens is 414 g/mol. The van der Waals surface area contributed by atoms with Crippen molar-refractivity contribution in [1.29, 1.82) is 0 Å². The van der Waals surface area contributed by atoms with Crippen LogP contribution in [0.5, 0.6) is 5.75 Å². The molecule has 5 aromatic rings. The summed E-state index contributed by atoms with van der Waals surface area (Å²) in [4.78, 5) is 9.36. The summed E-state index contributed by atoms with van der Waals surface area (Å²) in [6.45, 7) is 0.788. The summed E-state index contributed by atoms with van der Waals surface area (Å²) in [5, 5.41) is 12.8. The average Bonchev–Trinajstić information content (AvgIpc) is 3.37. The summed E-state index contributed by atoms with van der Waals surface area (Å²) in [7, 11) is 1.63. The van der Waals surface area contributed by atoms with Gasteiger partial charge in [0, 0.05) is 17.5 Å². The predicted molar refractivity (Wildman–Crippen MR) is 128 cm³/mol. The Morgan fingerprint density at radius 2 is 1.58 bits per heavy atom. The van der Waals surface area contributed by atoms with E-state index in [0.717, 1.165) is 47.4 Å². The number of nitrogens with zero attached hydrogens (tertiary/aromatic N) is 4. The lowest BCUT2D eigenvalue weighted by Gasteiger charge is -2.10. The number of methoxy groups -OCH3 is 1. The molecule has 2 heterocycles. The van der Waals surface area contributed by atoms with Gasteiger partial charge in [-0.2, -0.15) is 0 Å². The van der Waals surface area contributed by atoms with Crippen LogP contribution < -0.4 is 10.1 Å². The highest BCUT2D eigenvalue weighted by Crippen LogP contribution is 2.27. The number of nitrogens with one attached hydrogen (secondary N) is 1. The lowest BCUT2D eigenvalue weighted by molar-refractivity contribution is 0.415. The molecule has 7 heteroatoms. The van der Waals surface area contributed by atoms with E-state index in [1.165, 1.54) is 5.56 Å². The molecule has 0 unspecified atom stereocenters. The molecule has 0 atom stereocenters. The van der Waals surface area contributed by atoms with Gasteiger partial charge in [0.1, 0.15) is 11.6 Å². The Kier molecular flexibility index (Phi) is 5.93. The van der Waals surface area contributed by atoms with Crippen LogP contribution in [0.3, 0.4) is 0 Å². The maximum Gasteiger partial charge on any atom is 0.286 e. The van der Waals surface area contributed by atoms with Gasteiger partial charge in [-0.3, -0.25) is 0 Å². The van der Waals surface area contributed by atoms with E-state index in [1.807, 2.05) is 54.6 Å². The SMILES string of the molecule is COc1ccc(-c2nnc(-c3nc(NCCCc4ccccc4)c4ccccc4n3)o2)cc1. The zero-order valence-corrected chi connectivity index (χ0v) is 18.2. The van der Waals surface area contributed by atoms with Crippen molar-refractivity contribution in [3.05, 3.63) is 84.4 Å². The molecule has 0 spiro atoms. The summed E-state index contributed by atoms with van der Waals surface area (Å²) >= 11 is 0. The smallest absolute Gasteiger partial charge is 0.286 e. The third-order valence-corrected chi connectivity index (χ3v) is 5.33. The van der Waals surface area contributed by atoms with Gasteiger partial charge in [0.25, 0.3) is 5.89 Å². The maximum atomic E-state index is 5.90. The minimum Gasteiger partial charge on any atom is -0.497 e. The van der Waals surface area contributed by atoms with E-state index in [4.69, 9.17) is 14.1 Å². The number of para-hydroxylation sites is 1. The van der Waals surface area contributed by atoms with Crippen LogP contribution in [0.15, 0.2) is 83.3 Å². The topological polar surface area (TPSA) is 86.0 Å². The van der Waals surface area contributed by atoms with E-state index < -0.39 is 0 Å². The van der Waals surface area contributed by atoms with Crippen molar-refractivity contribution >= 4 is 16.7 Å². The molecular formula is C26H23N5O2. The number of benzene rings is 3. The number of hydrogen-bond donors (Lipinski definition) is 1. The first-order valence-corrected chi connectivity index (χ1v) is 10.8. The van der Waals surface area contributed by atoms with Gasteiger partial charge in [-0.1, -0.05) is 42.5 Å². The molecule has 0 aliphatic rings. The average molecular weight is 438 g/mol. The summed E-state index contributed by atoms with van der Waals surface area (Å²) in [6, 6.07) is 25.8. The second-order valence-corrected chi connectivity index (χ2v) is 7.57. The minimum absolute atomic E-state index is 0.277. The third kappa shape index (κ3) is 4.67. The maximum absolute atomic E-state index is 5.90. The fourth-order valence-electron chi connectivity index (χ4n) is 3.61. The Balaban J connectivity index is 1.38. The molecule has 164 valence electrons. The molecule has 0 bridgehead atoms. The highest BCUT2D eigenvalue weighted by Gasteiger charge is 2.16. The summed E-state index contributed by atoms with van der Waals surface area (Å²) in [6.07, 6.45) is 1.98. The lowest BCUT2D eigenvalue weighted by Crippen LogP contribution is -2.07. The molecule has 0 radical (unpaired) electrons. The standard InChI is InChI=1S/C26H23N5O2/c1-32-20-15-13-19(14-16-20)25-30-31-26(33-25)24-28-22-12-6-5-11-21(22)23(29-24)27-17-7-10-18-8-3-2-4-9-18/h2-6,8-9,11-16H,7,10,17H2,1H3,(H,27,28,29). The fourth-order valence-corrected chi connectivity index (χ4v) is 3.61. The fraction of sp³-hybridized carbons (Fsp3) is 0.154. The molecule has 33 heavy (non-hydrogen) atoms. The third-order valence-electron chi connectivity index (χ3n) is 5.33. The molecule has 0 aliphatic carbocycles. The van der Waals surface area contributed by atoms with Crippen LogP contribution in [0, 0.1) is 0 Å². The van der Waals surface area contributed by atoms with Gasteiger partial charge in [0.2, 0.25) is 11.7 Å². The monoisotopic (exact) mass is 437 g/mol. The van der Waals surface area contributed by atoms with E-state index in [9.17, 15) is 0 Å². The van der Waals surface area contributed by atoms with Gasteiger partial charge < -0.3 is 14.5 Å². The van der Waals surface area contributed by atoms with Crippen molar-refractivity contribution in [3.8, 4) is 28.9 Å². The van der Waals surface area contributed by atoms with E-state index in [-0.39, 0.29) is 5.89 Å². The van der Waals surface area contributed by atoms with Crippen molar-refractivity contribution in [1.82, 2.24) is 20.2 Å². The van der Waals surface area contributed by atoms with Crippen LogP contribution in [0.2, 0.25) is 0 Å². The second kappa shape index (κ2) is 9.48. The zero-order valence-electron chi connectivity index (χ0n) is 18.2. The molecule has 1 N–H and O–H groups in total. The van der Waals surface area contributed by atoms with Gasteiger partial charge in [0.05, 0.1) is 12.6 Å². The van der Waals surface area contributed by atoms with E-state index in [2.05, 4.69) is 44.8 Å². The normalized spacial score (nSPS) is 10.9. The molecule has 0 fully saturated rings. The van der Waals surface area contributed by atoms with Crippen molar-refractivity contribution in [2.75, 3.05) is 19.0 Å². The first-order valence-electron chi connectivity index (χ1n) is 10.8. The number of aromatic nitrogens is 4. The zero-order chi connectivity index (χ0) is 22.5. The highest BCUT2D eigenvalue weighted by atomic mass is 16.5. The van der Waals surface area contributed by atoms with Crippen LogP contribution in [0.1, 0.15) is 12.0 Å². The number of anilines is 1. The van der Waals surface area contributed by atoms with Gasteiger partial charge in [-0.25, -0.2) is 9.97 Å².